The summed E-state index contributed by atoms with van der Waals surface area (Å²) in [5.74, 6) is 2.52. The Hall–Kier alpha value is -2.17. The second-order valence-electron chi connectivity index (χ2n) is 7.46. The summed E-state index contributed by atoms with van der Waals surface area (Å²) in [6.45, 7) is 0. The Balaban J connectivity index is 1.54. The van der Waals surface area contributed by atoms with E-state index in [1.807, 2.05) is 0 Å². The normalized spacial score (nSPS) is 24.7. The molecule has 4 rings (SSSR count). The number of nitrogens with zero attached hydrogens (tertiary/aromatic N) is 3. The van der Waals surface area contributed by atoms with E-state index >= 15 is 0 Å². The number of hydrogen-bond acceptors (Lipinski definition) is 4. The first-order chi connectivity index (χ1) is 12.2. The topological polar surface area (TPSA) is 57.0 Å². The highest BCUT2D eigenvalue weighted by molar-refractivity contribution is 5.72. The third-order valence-electron chi connectivity index (χ3n) is 6.04. The Labute approximate surface area is 148 Å². The monoisotopic (exact) mass is 339 g/mol. The van der Waals surface area contributed by atoms with Crippen molar-refractivity contribution >= 4 is 5.97 Å². The van der Waals surface area contributed by atoms with Crippen molar-refractivity contribution in [2.24, 2.45) is 13.0 Å². The molecule has 0 aliphatic heterocycles. The fraction of sp³-hybridized carbons (Fsp3) is 0.550. The Morgan fingerprint density at radius 1 is 1.12 bits per heavy atom. The highest BCUT2D eigenvalue weighted by atomic mass is 16.5. The molecule has 0 atom stereocenters. The molecule has 2 aliphatic rings. The summed E-state index contributed by atoms with van der Waals surface area (Å²) in [5.41, 5.74) is 1.39. The van der Waals surface area contributed by atoms with E-state index < -0.39 is 0 Å². The van der Waals surface area contributed by atoms with Gasteiger partial charge in [-0.25, -0.2) is 0 Å². The maximum absolute atomic E-state index is 11.7. The zero-order valence-electron chi connectivity index (χ0n) is 14.9. The van der Waals surface area contributed by atoms with Crippen molar-refractivity contribution in [1.29, 1.82) is 0 Å². The van der Waals surface area contributed by atoms with Gasteiger partial charge in [0.05, 0.1) is 18.4 Å². The van der Waals surface area contributed by atoms with Crippen LogP contribution in [0.2, 0.25) is 0 Å². The highest BCUT2D eigenvalue weighted by Crippen LogP contribution is 2.53. The van der Waals surface area contributed by atoms with Gasteiger partial charge in [0, 0.05) is 13.0 Å². The number of carbonyl (C=O) groups excluding carboxylic acids is 1. The van der Waals surface area contributed by atoms with Gasteiger partial charge < -0.3 is 9.30 Å². The van der Waals surface area contributed by atoms with Crippen LogP contribution in [-0.4, -0.2) is 27.8 Å². The number of rotatable bonds is 4. The fourth-order valence-electron chi connectivity index (χ4n) is 4.39. The minimum absolute atomic E-state index is 0.0461. The van der Waals surface area contributed by atoms with Crippen LogP contribution in [0.15, 0.2) is 30.3 Å². The van der Waals surface area contributed by atoms with Crippen LogP contribution in [-0.2, 0) is 22.0 Å². The van der Waals surface area contributed by atoms with E-state index in [4.69, 9.17) is 4.74 Å². The van der Waals surface area contributed by atoms with Gasteiger partial charge in [-0.05, 0) is 44.1 Å². The first-order valence-corrected chi connectivity index (χ1v) is 9.19. The average Bonchev–Trinajstić information content (AvgIpc) is 3.38. The van der Waals surface area contributed by atoms with Gasteiger partial charge in [-0.15, -0.1) is 10.2 Å². The molecule has 5 heteroatoms. The molecule has 25 heavy (non-hydrogen) atoms. The lowest BCUT2D eigenvalue weighted by atomic mass is 9.81. The minimum Gasteiger partial charge on any atom is -0.469 e. The third-order valence-corrected chi connectivity index (χ3v) is 6.04. The van der Waals surface area contributed by atoms with Crippen molar-refractivity contribution in [3.8, 4) is 0 Å². The lowest BCUT2D eigenvalue weighted by Crippen LogP contribution is -2.23. The summed E-state index contributed by atoms with van der Waals surface area (Å²) in [6.07, 6.45) is 5.98. The van der Waals surface area contributed by atoms with Crippen molar-refractivity contribution in [2.75, 3.05) is 7.11 Å². The maximum Gasteiger partial charge on any atom is 0.308 e. The molecular formula is C20H25N3O2. The average molecular weight is 339 g/mol. The summed E-state index contributed by atoms with van der Waals surface area (Å²) in [5, 5.41) is 9.15. The molecule has 2 fully saturated rings. The zero-order chi connectivity index (χ0) is 17.4. The van der Waals surface area contributed by atoms with Crippen molar-refractivity contribution in [3.63, 3.8) is 0 Å². The molecule has 0 amide bonds. The van der Waals surface area contributed by atoms with Crippen LogP contribution in [0.1, 0.15) is 61.7 Å². The van der Waals surface area contributed by atoms with Crippen molar-refractivity contribution in [2.45, 2.75) is 49.9 Å². The standard InChI is InChI=1S/C20H25N3O2/c1-23-17(14-8-10-15(11-9-14)18(24)25-2)21-22-19(23)20(12-13-20)16-6-4-3-5-7-16/h3-7,14-15H,8-13H2,1-2H3/t14-,15-. The quantitative estimate of drug-likeness (QED) is 0.802. The van der Waals surface area contributed by atoms with Crippen LogP contribution in [0.3, 0.4) is 0 Å². The van der Waals surface area contributed by atoms with E-state index in [0.29, 0.717) is 5.92 Å². The number of esters is 1. The lowest BCUT2D eigenvalue weighted by molar-refractivity contribution is -0.146. The number of methoxy groups -OCH3 is 1. The van der Waals surface area contributed by atoms with Crippen LogP contribution in [0.4, 0.5) is 0 Å². The first-order valence-electron chi connectivity index (χ1n) is 9.19. The van der Waals surface area contributed by atoms with Crippen LogP contribution >= 0.6 is 0 Å². The molecule has 0 saturated heterocycles. The number of benzene rings is 1. The molecule has 1 heterocycles. The van der Waals surface area contributed by atoms with Gasteiger partial charge in [0.25, 0.3) is 0 Å². The van der Waals surface area contributed by atoms with E-state index in [1.165, 1.54) is 12.7 Å². The number of carbonyl (C=O) groups is 1. The van der Waals surface area contributed by atoms with Crippen LogP contribution < -0.4 is 0 Å². The predicted molar refractivity (Wildman–Crippen MR) is 94.2 cm³/mol. The third kappa shape index (κ3) is 2.75. The molecule has 1 aromatic heterocycles. The summed E-state index contributed by atoms with van der Waals surface area (Å²) < 4.78 is 7.10. The van der Waals surface area contributed by atoms with E-state index in [2.05, 4.69) is 52.1 Å². The summed E-state index contributed by atoms with van der Waals surface area (Å²) in [4.78, 5) is 11.7. The Kier molecular flexibility index (Phi) is 4.10. The van der Waals surface area contributed by atoms with E-state index in [1.54, 1.807) is 0 Å². The number of aromatic nitrogens is 3. The van der Waals surface area contributed by atoms with Crippen LogP contribution in [0.5, 0.6) is 0 Å². The SMILES string of the molecule is COC(=O)[C@H]1CC[C@H](c2nnc(C3(c4ccccc4)CC3)n2C)CC1. The van der Waals surface area contributed by atoms with E-state index in [0.717, 1.165) is 50.2 Å². The van der Waals surface area contributed by atoms with E-state index in [-0.39, 0.29) is 17.3 Å². The van der Waals surface area contributed by atoms with Gasteiger partial charge in [0.2, 0.25) is 0 Å². The fourth-order valence-corrected chi connectivity index (χ4v) is 4.39. The molecule has 0 radical (unpaired) electrons. The smallest absolute Gasteiger partial charge is 0.308 e. The van der Waals surface area contributed by atoms with Crippen molar-refractivity contribution in [3.05, 3.63) is 47.5 Å². The molecule has 0 bridgehead atoms. The largest absolute Gasteiger partial charge is 0.469 e. The molecular weight excluding hydrogens is 314 g/mol. The molecule has 1 aromatic carbocycles. The maximum atomic E-state index is 11.7. The predicted octanol–water partition coefficient (Wildman–Crippen LogP) is 3.34. The Bertz CT molecular complexity index is 757. The molecule has 2 aromatic rings. The number of hydrogen-bond donors (Lipinski definition) is 0. The second kappa shape index (κ2) is 6.28. The van der Waals surface area contributed by atoms with Gasteiger partial charge in [-0.2, -0.15) is 0 Å². The lowest BCUT2D eigenvalue weighted by Gasteiger charge is -2.26. The van der Waals surface area contributed by atoms with Crippen LogP contribution in [0, 0.1) is 5.92 Å². The number of ether oxygens (including phenoxy) is 1. The molecule has 0 spiro atoms. The summed E-state index contributed by atoms with van der Waals surface area (Å²) in [6, 6.07) is 10.6. The molecule has 2 saturated carbocycles. The molecule has 0 unspecified atom stereocenters. The molecule has 0 N–H and O–H groups in total. The Morgan fingerprint density at radius 2 is 1.80 bits per heavy atom. The van der Waals surface area contributed by atoms with E-state index in [9.17, 15) is 4.79 Å². The summed E-state index contributed by atoms with van der Waals surface area (Å²) >= 11 is 0. The van der Waals surface area contributed by atoms with Crippen molar-refractivity contribution < 1.29 is 9.53 Å². The van der Waals surface area contributed by atoms with Crippen molar-refractivity contribution in [1.82, 2.24) is 14.8 Å². The van der Waals surface area contributed by atoms with Crippen LogP contribution in [0.25, 0.3) is 0 Å². The molecule has 5 nitrogen and oxygen atoms in total. The highest BCUT2D eigenvalue weighted by Gasteiger charge is 2.50. The van der Waals surface area contributed by atoms with Gasteiger partial charge >= 0.3 is 5.97 Å². The zero-order valence-corrected chi connectivity index (χ0v) is 14.9. The van der Waals surface area contributed by atoms with Gasteiger partial charge in [-0.3, -0.25) is 4.79 Å². The minimum atomic E-state index is -0.0712. The van der Waals surface area contributed by atoms with Gasteiger partial charge in [-0.1, -0.05) is 30.3 Å². The van der Waals surface area contributed by atoms with Gasteiger partial charge in [0.1, 0.15) is 11.6 Å². The molecule has 2 aliphatic carbocycles. The molecule has 132 valence electrons. The Morgan fingerprint density at radius 3 is 2.40 bits per heavy atom. The van der Waals surface area contributed by atoms with Gasteiger partial charge in [0.15, 0.2) is 0 Å². The second-order valence-corrected chi connectivity index (χ2v) is 7.46. The summed E-state index contributed by atoms with van der Waals surface area (Å²) in [7, 11) is 3.57. The first kappa shape index (κ1) is 16.3.